The molecule has 0 saturated heterocycles. The van der Waals surface area contributed by atoms with Crippen LogP contribution < -0.4 is 31.9 Å². The van der Waals surface area contributed by atoms with Crippen molar-refractivity contribution >= 4 is 93.7 Å². The van der Waals surface area contributed by atoms with Crippen LogP contribution in [0.4, 0.5) is 23.0 Å². The number of carbonyl (C=O) groups is 8. The number of aldehydes is 2. The first-order valence-electron chi connectivity index (χ1n) is 23.8. The average Bonchev–Trinajstić information content (AvgIpc) is 4.22. The summed E-state index contributed by atoms with van der Waals surface area (Å²) in [7, 11) is 11.2. The molecule has 0 atom stereocenters. The molecule has 24 nitrogen and oxygen atoms in total. The predicted molar refractivity (Wildman–Crippen MR) is 281 cm³/mol. The molecule has 6 rings (SSSR count). The van der Waals surface area contributed by atoms with Crippen LogP contribution in [0, 0.1) is 13.8 Å². The number of aromatic nitrogens is 8. The summed E-state index contributed by atoms with van der Waals surface area (Å²) in [5, 5.41) is 17.2. The van der Waals surface area contributed by atoms with Crippen molar-refractivity contribution < 1.29 is 38.4 Å². The molecule has 0 bridgehead atoms. The molecule has 74 heavy (non-hydrogen) atoms. The van der Waals surface area contributed by atoms with E-state index in [0.29, 0.717) is 98.6 Å². The SMILES string of the molecule is Cc1nc(C=O)sc1C(=O)Nc1cn(CCCCCCn2cc(NC(=O)c3sc(C=O)nc3C)nc2C(=O)Nc2cc(C(=O)NCCCN(C)C)n(C)c2)c(C(=O)Nc2cc(C(=O)NCCCN(C)C)n(C)c2)n1. The molecule has 0 unspecified atom stereocenters. The van der Waals surface area contributed by atoms with Crippen molar-refractivity contribution in [1.82, 2.24) is 58.6 Å². The van der Waals surface area contributed by atoms with E-state index in [2.05, 4.69) is 51.8 Å². The number of thiazole rings is 2. The number of anilines is 4. The van der Waals surface area contributed by atoms with Gasteiger partial charge in [-0.3, -0.25) is 38.4 Å². The highest BCUT2D eigenvalue weighted by atomic mass is 32.1. The molecule has 0 aliphatic heterocycles. The van der Waals surface area contributed by atoms with Crippen molar-refractivity contribution in [3.8, 4) is 0 Å². The fourth-order valence-corrected chi connectivity index (χ4v) is 9.30. The second-order valence-corrected chi connectivity index (χ2v) is 20.0. The molecule has 6 aromatic rings. The number of rotatable bonds is 27. The number of amides is 6. The van der Waals surface area contributed by atoms with Crippen LogP contribution in [0.2, 0.25) is 0 Å². The van der Waals surface area contributed by atoms with Crippen LogP contribution in [0.1, 0.15) is 131 Å². The molecule has 394 valence electrons. The van der Waals surface area contributed by atoms with Gasteiger partial charge in [-0.2, -0.15) is 0 Å². The van der Waals surface area contributed by atoms with E-state index in [4.69, 9.17) is 0 Å². The lowest BCUT2D eigenvalue weighted by Gasteiger charge is -2.10. The highest BCUT2D eigenvalue weighted by Crippen LogP contribution is 2.23. The normalized spacial score (nSPS) is 11.2. The maximum atomic E-state index is 13.9. The Morgan fingerprint density at radius 3 is 1.27 bits per heavy atom. The minimum absolute atomic E-state index is 0.000768. The summed E-state index contributed by atoms with van der Waals surface area (Å²) in [6, 6.07) is 3.14. The van der Waals surface area contributed by atoms with Crippen LogP contribution in [0.25, 0.3) is 0 Å². The Morgan fingerprint density at radius 1 is 0.527 bits per heavy atom. The molecule has 6 heterocycles. The van der Waals surface area contributed by atoms with Gasteiger partial charge in [0.05, 0.1) is 22.8 Å². The summed E-state index contributed by atoms with van der Waals surface area (Å²) >= 11 is 1.87. The third-order valence-corrected chi connectivity index (χ3v) is 13.5. The van der Waals surface area contributed by atoms with Gasteiger partial charge in [0.2, 0.25) is 11.6 Å². The van der Waals surface area contributed by atoms with Crippen LogP contribution >= 0.6 is 22.7 Å². The van der Waals surface area contributed by atoms with E-state index in [1.807, 2.05) is 38.0 Å². The number of imidazole rings is 2. The van der Waals surface area contributed by atoms with E-state index in [-0.39, 0.29) is 54.9 Å². The standard InChI is InChI=1S/C48H62N16O8S2/c1-29-39(73-37(27-65)51-29)45(69)57-35-25-63(41(55-35)47(71)53-31-21-33(61(7)23-31)43(67)49-15-13-17-59(3)4)19-11-9-10-12-20-64-26-36(58-46(70)40-30(2)52-38(28-66)74-40)56-42(64)48(72)54-32-22-34(62(8)24-32)44(68)50-16-14-18-60(5)6/h21-28H,9-20H2,1-8H3,(H,49,67)(H,50,68)(H,53,71)(H,54,72)(H,57,69)(H,58,70). The molecule has 0 aliphatic carbocycles. The zero-order valence-corrected chi connectivity index (χ0v) is 44.3. The van der Waals surface area contributed by atoms with Gasteiger partial charge in [0.15, 0.2) is 34.2 Å². The van der Waals surface area contributed by atoms with Crippen molar-refractivity contribution in [2.75, 3.05) is 75.6 Å². The molecule has 0 saturated carbocycles. The fourth-order valence-electron chi connectivity index (χ4n) is 7.74. The lowest BCUT2D eigenvalue weighted by atomic mass is 10.2. The van der Waals surface area contributed by atoms with Gasteiger partial charge in [0.1, 0.15) is 21.1 Å². The van der Waals surface area contributed by atoms with Crippen molar-refractivity contribution in [2.24, 2.45) is 14.1 Å². The number of carbonyl (C=O) groups excluding carboxylic acids is 8. The van der Waals surface area contributed by atoms with Crippen molar-refractivity contribution in [1.29, 1.82) is 0 Å². The maximum Gasteiger partial charge on any atom is 0.291 e. The van der Waals surface area contributed by atoms with E-state index < -0.39 is 23.6 Å². The smallest absolute Gasteiger partial charge is 0.291 e. The number of hydrogen-bond acceptors (Lipinski definition) is 16. The van der Waals surface area contributed by atoms with E-state index in [1.54, 1.807) is 83.1 Å². The zero-order valence-electron chi connectivity index (χ0n) is 42.7. The van der Waals surface area contributed by atoms with Crippen molar-refractivity contribution in [3.63, 3.8) is 0 Å². The second kappa shape index (κ2) is 25.8. The molecule has 26 heteroatoms. The number of unbranched alkanes of at least 4 members (excludes halogenated alkanes) is 3. The average molecular weight is 1060 g/mol. The highest BCUT2D eigenvalue weighted by Gasteiger charge is 2.24. The molecular weight excluding hydrogens is 993 g/mol. The summed E-state index contributed by atoms with van der Waals surface area (Å²) in [6.07, 6.45) is 11.5. The Bertz CT molecular complexity index is 2810. The Hall–Kier alpha value is -7.68. The molecule has 0 aliphatic rings. The van der Waals surface area contributed by atoms with Crippen LogP contribution in [-0.2, 0) is 27.2 Å². The number of aryl methyl sites for hydroxylation is 6. The lowest BCUT2D eigenvalue weighted by Crippen LogP contribution is -2.28. The predicted octanol–water partition coefficient (Wildman–Crippen LogP) is 4.54. The molecule has 6 N–H and O–H groups in total. The molecular formula is C48H62N16O8S2. The van der Waals surface area contributed by atoms with E-state index >= 15 is 0 Å². The van der Waals surface area contributed by atoms with Crippen LogP contribution in [0.3, 0.4) is 0 Å². The van der Waals surface area contributed by atoms with Crippen LogP contribution in [0.5, 0.6) is 0 Å². The quantitative estimate of drug-likeness (QED) is 0.0305. The van der Waals surface area contributed by atoms with Crippen molar-refractivity contribution in [3.05, 3.63) is 91.1 Å². The maximum absolute atomic E-state index is 13.9. The summed E-state index contributed by atoms with van der Waals surface area (Å²) in [4.78, 5) is 125. The Labute approximate surface area is 435 Å². The monoisotopic (exact) mass is 1050 g/mol. The first kappa shape index (κ1) is 55.6. The lowest BCUT2D eigenvalue weighted by molar-refractivity contribution is 0.0936. The van der Waals surface area contributed by atoms with Gasteiger partial charge in [-0.1, -0.05) is 12.8 Å². The zero-order chi connectivity index (χ0) is 53.6. The number of nitrogens with one attached hydrogen (secondary N) is 6. The topological polar surface area (TPSA) is 286 Å². The Balaban J connectivity index is 1.13. The first-order chi connectivity index (χ1) is 35.3. The largest absolute Gasteiger partial charge is 0.351 e. The van der Waals surface area contributed by atoms with Gasteiger partial charge >= 0.3 is 0 Å². The van der Waals surface area contributed by atoms with Gasteiger partial charge in [-0.15, -0.1) is 22.7 Å². The molecule has 6 aromatic heterocycles. The van der Waals surface area contributed by atoms with Gasteiger partial charge in [0, 0.05) is 65.1 Å². The Kier molecular flexibility index (Phi) is 19.4. The minimum atomic E-state index is -0.583. The third kappa shape index (κ3) is 15.0. The van der Waals surface area contributed by atoms with E-state index in [1.165, 1.54) is 0 Å². The van der Waals surface area contributed by atoms with E-state index in [0.717, 1.165) is 48.6 Å². The minimum Gasteiger partial charge on any atom is -0.351 e. The van der Waals surface area contributed by atoms with Gasteiger partial charge in [0.25, 0.3) is 35.4 Å². The van der Waals surface area contributed by atoms with Crippen LogP contribution in [0.15, 0.2) is 36.9 Å². The summed E-state index contributed by atoms with van der Waals surface area (Å²) in [5.41, 5.74) is 2.16. The second-order valence-electron chi connectivity index (χ2n) is 18.0. The van der Waals surface area contributed by atoms with Gasteiger partial charge < -0.3 is 60.0 Å². The molecule has 0 aromatic carbocycles. The molecule has 0 spiro atoms. The molecule has 0 radical (unpaired) electrons. The summed E-state index contributed by atoms with van der Waals surface area (Å²) in [6.45, 7) is 6.44. The summed E-state index contributed by atoms with van der Waals surface area (Å²) in [5.74, 6) is -2.64. The third-order valence-electron chi connectivity index (χ3n) is 11.4. The molecule has 0 fully saturated rings. The first-order valence-corrected chi connectivity index (χ1v) is 25.4. The van der Waals surface area contributed by atoms with Crippen molar-refractivity contribution in [2.45, 2.75) is 65.5 Å². The number of nitrogens with zero attached hydrogens (tertiary/aromatic N) is 10. The fraction of sp³-hybridized carbons (Fsp3) is 0.417. The molecule has 6 amide bonds. The van der Waals surface area contributed by atoms with Crippen LogP contribution in [-0.4, -0.2) is 150 Å². The van der Waals surface area contributed by atoms with Gasteiger partial charge in [-0.25, -0.2) is 19.9 Å². The summed E-state index contributed by atoms with van der Waals surface area (Å²) < 4.78 is 6.48. The highest BCUT2D eigenvalue weighted by molar-refractivity contribution is 7.15. The van der Waals surface area contributed by atoms with Gasteiger partial charge in [-0.05, 0) is 92.9 Å². The Morgan fingerprint density at radius 2 is 0.919 bits per heavy atom. The number of hydrogen-bond donors (Lipinski definition) is 6. The van der Waals surface area contributed by atoms with E-state index in [9.17, 15) is 38.4 Å².